The lowest BCUT2D eigenvalue weighted by atomic mass is 9.95. The SMILES string of the molecule is CO[C@](C)(CNC(=O)c1cc2ccccc2oc1=O)c1cccc(Cl)c1. The van der Waals surface area contributed by atoms with Crippen LogP contribution in [0.5, 0.6) is 0 Å². The second-order valence-corrected chi connectivity index (χ2v) is 6.55. The third-order valence-corrected chi connectivity index (χ3v) is 4.59. The van der Waals surface area contributed by atoms with Gasteiger partial charge in [0.25, 0.3) is 5.91 Å². The van der Waals surface area contributed by atoms with Crippen molar-refractivity contribution in [1.82, 2.24) is 5.32 Å². The molecule has 0 fully saturated rings. The van der Waals surface area contributed by atoms with Crippen LogP contribution in [0.2, 0.25) is 5.02 Å². The van der Waals surface area contributed by atoms with E-state index in [1.807, 2.05) is 25.1 Å². The minimum atomic E-state index is -0.794. The number of halogens is 1. The summed E-state index contributed by atoms with van der Waals surface area (Å²) in [6.45, 7) is 2.00. The van der Waals surface area contributed by atoms with Crippen LogP contribution in [0.25, 0.3) is 11.0 Å². The third-order valence-electron chi connectivity index (χ3n) is 4.36. The number of para-hydroxylation sites is 1. The first-order chi connectivity index (χ1) is 12.4. The third kappa shape index (κ3) is 3.64. The van der Waals surface area contributed by atoms with Crippen LogP contribution in [0.3, 0.4) is 0 Å². The monoisotopic (exact) mass is 371 g/mol. The summed E-state index contributed by atoms with van der Waals surface area (Å²) in [6.07, 6.45) is 0. The Hall–Kier alpha value is -2.63. The van der Waals surface area contributed by atoms with E-state index in [0.29, 0.717) is 16.0 Å². The summed E-state index contributed by atoms with van der Waals surface area (Å²) >= 11 is 6.05. The highest BCUT2D eigenvalue weighted by molar-refractivity contribution is 6.30. The number of carbonyl (C=O) groups is 1. The maximum atomic E-state index is 12.5. The van der Waals surface area contributed by atoms with E-state index < -0.39 is 17.1 Å². The fourth-order valence-corrected chi connectivity index (χ4v) is 2.86. The number of nitrogens with one attached hydrogen (secondary N) is 1. The number of amides is 1. The minimum absolute atomic E-state index is 0.0479. The predicted molar refractivity (Wildman–Crippen MR) is 101 cm³/mol. The summed E-state index contributed by atoms with van der Waals surface area (Å²) in [5.41, 5.74) is -0.262. The molecule has 3 rings (SSSR count). The molecule has 2 aromatic carbocycles. The summed E-state index contributed by atoms with van der Waals surface area (Å²) in [4.78, 5) is 24.6. The van der Waals surface area contributed by atoms with Gasteiger partial charge in [0.05, 0.1) is 6.54 Å². The van der Waals surface area contributed by atoms with Crippen LogP contribution in [0.1, 0.15) is 22.8 Å². The molecule has 0 saturated carbocycles. The Labute approximate surface area is 155 Å². The van der Waals surface area contributed by atoms with Crippen molar-refractivity contribution in [3.63, 3.8) is 0 Å². The van der Waals surface area contributed by atoms with E-state index >= 15 is 0 Å². The molecule has 26 heavy (non-hydrogen) atoms. The fraction of sp³-hybridized carbons (Fsp3) is 0.200. The zero-order chi connectivity index (χ0) is 18.7. The van der Waals surface area contributed by atoms with Crippen molar-refractivity contribution in [2.75, 3.05) is 13.7 Å². The molecule has 0 aliphatic carbocycles. The highest BCUT2D eigenvalue weighted by Crippen LogP contribution is 2.26. The number of ether oxygens (including phenoxy) is 1. The van der Waals surface area contributed by atoms with Gasteiger partial charge in [-0.1, -0.05) is 41.9 Å². The highest BCUT2D eigenvalue weighted by atomic mass is 35.5. The molecule has 1 N–H and O–H groups in total. The molecule has 0 saturated heterocycles. The van der Waals surface area contributed by atoms with Gasteiger partial charge < -0.3 is 14.5 Å². The van der Waals surface area contributed by atoms with Gasteiger partial charge in [-0.15, -0.1) is 0 Å². The highest BCUT2D eigenvalue weighted by Gasteiger charge is 2.28. The second-order valence-electron chi connectivity index (χ2n) is 6.11. The van der Waals surface area contributed by atoms with Gasteiger partial charge in [-0.05, 0) is 36.8 Å². The van der Waals surface area contributed by atoms with E-state index in [0.717, 1.165) is 5.56 Å². The number of benzene rings is 2. The number of rotatable bonds is 5. The Balaban J connectivity index is 1.83. The van der Waals surface area contributed by atoms with Crippen molar-refractivity contribution in [3.8, 4) is 0 Å². The maximum absolute atomic E-state index is 12.5. The number of hydrogen-bond donors (Lipinski definition) is 1. The average molecular weight is 372 g/mol. The lowest BCUT2D eigenvalue weighted by Gasteiger charge is -2.29. The summed E-state index contributed by atoms with van der Waals surface area (Å²) in [5, 5.41) is 4.01. The summed E-state index contributed by atoms with van der Waals surface area (Å²) in [6, 6.07) is 15.8. The number of fused-ring (bicyclic) bond motifs is 1. The summed E-state index contributed by atoms with van der Waals surface area (Å²) < 4.78 is 10.8. The Morgan fingerprint density at radius 3 is 2.69 bits per heavy atom. The van der Waals surface area contributed by atoms with Gasteiger partial charge in [0.15, 0.2) is 0 Å². The van der Waals surface area contributed by atoms with E-state index in [2.05, 4.69) is 5.32 Å². The van der Waals surface area contributed by atoms with E-state index in [9.17, 15) is 9.59 Å². The van der Waals surface area contributed by atoms with Crippen molar-refractivity contribution in [3.05, 3.63) is 81.2 Å². The first kappa shape index (κ1) is 18.2. The quantitative estimate of drug-likeness (QED) is 0.694. The van der Waals surface area contributed by atoms with Crippen LogP contribution >= 0.6 is 11.6 Å². The van der Waals surface area contributed by atoms with Gasteiger partial charge in [0.2, 0.25) is 0 Å². The van der Waals surface area contributed by atoms with Gasteiger partial charge in [0.1, 0.15) is 16.7 Å². The predicted octanol–water partition coefficient (Wildman–Crippen LogP) is 3.74. The zero-order valence-corrected chi connectivity index (χ0v) is 15.2. The van der Waals surface area contributed by atoms with Crippen molar-refractivity contribution in [1.29, 1.82) is 0 Å². The van der Waals surface area contributed by atoms with E-state index in [1.54, 1.807) is 37.4 Å². The van der Waals surface area contributed by atoms with Gasteiger partial charge in [-0.25, -0.2) is 4.79 Å². The molecule has 0 aliphatic rings. The lowest BCUT2D eigenvalue weighted by Crippen LogP contribution is -2.41. The lowest BCUT2D eigenvalue weighted by molar-refractivity contribution is 0.00312. The van der Waals surface area contributed by atoms with Crippen molar-refractivity contribution in [2.45, 2.75) is 12.5 Å². The molecular formula is C20H18ClNO4. The molecular weight excluding hydrogens is 354 g/mol. The van der Waals surface area contributed by atoms with Crippen LogP contribution < -0.4 is 10.9 Å². The first-order valence-electron chi connectivity index (χ1n) is 8.05. The molecule has 134 valence electrons. The molecule has 0 unspecified atom stereocenters. The molecule has 0 radical (unpaired) electrons. The summed E-state index contributed by atoms with van der Waals surface area (Å²) in [7, 11) is 1.55. The zero-order valence-electron chi connectivity index (χ0n) is 14.4. The molecule has 3 aromatic rings. The van der Waals surface area contributed by atoms with Crippen molar-refractivity contribution >= 4 is 28.5 Å². The van der Waals surface area contributed by atoms with Crippen LogP contribution in [-0.2, 0) is 10.3 Å². The van der Waals surface area contributed by atoms with Crippen LogP contribution in [0.15, 0.2) is 63.8 Å². The van der Waals surface area contributed by atoms with E-state index in [4.69, 9.17) is 20.8 Å². The molecule has 0 bridgehead atoms. The Morgan fingerprint density at radius 2 is 1.96 bits per heavy atom. The van der Waals surface area contributed by atoms with Gasteiger partial charge in [0, 0.05) is 17.5 Å². The van der Waals surface area contributed by atoms with Crippen molar-refractivity contribution < 1.29 is 13.9 Å². The largest absolute Gasteiger partial charge is 0.422 e. The molecule has 1 atom stereocenters. The maximum Gasteiger partial charge on any atom is 0.349 e. The smallest absolute Gasteiger partial charge is 0.349 e. The van der Waals surface area contributed by atoms with Gasteiger partial charge in [-0.2, -0.15) is 0 Å². The Morgan fingerprint density at radius 1 is 1.19 bits per heavy atom. The standard InChI is InChI=1S/C20H18ClNO4/c1-20(25-2,14-7-5-8-15(21)11-14)12-22-18(23)16-10-13-6-3-4-9-17(13)26-19(16)24/h3-11H,12H2,1-2H3,(H,22,23)/t20-/m1/s1. The topological polar surface area (TPSA) is 68.5 Å². The first-order valence-corrected chi connectivity index (χ1v) is 8.43. The number of hydrogen-bond acceptors (Lipinski definition) is 4. The van der Waals surface area contributed by atoms with E-state index in [-0.39, 0.29) is 12.1 Å². The normalized spacial score (nSPS) is 13.3. The fourth-order valence-electron chi connectivity index (χ4n) is 2.67. The molecule has 5 nitrogen and oxygen atoms in total. The Bertz CT molecular complexity index is 1010. The summed E-state index contributed by atoms with van der Waals surface area (Å²) in [5.74, 6) is -0.519. The molecule has 0 aliphatic heterocycles. The Kier molecular flexibility index (Phi) is 5.11. The van der Waals surface area contributed by atoms with E-state index in [1.165, 1.54) is 6.07 Å². The number of carbonyl (C=O) groups excluding carboxylic acids is 1. The average Bonchev–Trinajstić information content (AvgIpc) is 2.65. The minimum Gasteiger partial charge on any atom is -0.422 e. The van der Waals surface area contributed by atoms with Gasteiger partial charge in [-0.3, -0.25) is 4.79 Å². The second kappa shape index (κ2) is 7.32. The van der Waals surface area contributed by atoms with Gasteiger partial charge >= 0.3 is 5.63 Å². The van der Waals surface area contributed by atoms with Crippen molar-refractivity contribution in [2.24, 2.45) is 0 Å². The molecule has 1 aromatic heterocycles. The molecule has 1 heterocycles. The molecule has 0 spiro atoms. The van der Waals surface area contributed by atoms with Crippen LogP contribution in [0.4, 0.5) is 0 Å². The van der Waals surface area contributed by atoms with Crippen LogP contribution in [0, 0.1) is 0 Å². The molecule has 1 amide bonds. The van der Waals surface area contributed by atoms with Crippen LogP contribution in [-0.4, -0.2) is 19.6 Å². The number of methoxy groups -OCH3 is 1. The molecule has 6 heteroatoms.